The molecule has 0 fully saturated rings. The zero-order valence-corrected chi connectivity index (χ0v) is 8.32. The van der Waals surface area contributed by atoms with E-state index in [1.165, 1.54) is 12.4 Å². The first-order valence-corrected chi connectivity index (χ1v) is 4.58. The molecule has 0 saturated carbocycles. The third-order valence-corrected chi connectivity index (χ3v) is 2.34. The Hall–Kier alpha value is -1.81. The molecule has 4 nitrogen and oxygen atoms in total. The second-order valence-corrected chi connectivity index (χ2v) is 3.37. The second kappa shape index (κ2) is 3.74. The summed E-state index contributed by atoms with van der Waals surface area (Å²) in [7, 11) is 0. The van der Waals surface area contributed by atoms with Crippen LogP contribution in [0.5, 0.6) is 0 Å². The lowest BCUT2D eigenvalue weighted by atomic mass is 10.1. The molecule has 76 valence electrons. The number of carbonyl (C=O) groups is 1. The highest BCUT2D eigenvalue weighted by Gasteiger charge is 2.10. The number of hydrogen-bond acceptors (Lipinski definition) is 2. The van der Waals surface area contributed by atoms with Crippen LogP contribution in [0.2, 0.25) is 5.02 Å². The molecule has 0 atom stereocenters. The maximum Gasteiger partial charge on any atom is 0.337 e. The number of hydrogen-bond donors (Lipinski definition) is 2. The van der Waals surface area contributed by atoms with Crippen LogP contribution in [0.4, 0.5) is 0 Å². The molecule has 0 amide bonds. The summed E-state index contributed by atoms with van der Waals surface area (Å²) in [6, 6.07) is 4.81. The predicted octanol–water partition coefficient (Wildman–Crippen LogP) is 2.43. The van der Waals surface area contributed by atoms with Crippen LogP contribution in [0.25, 0.3) is 11.3 Å². The zero-order chi connectivity index (χ0) is 10.8. The summed E-state index contributed by atoms with van der Waals surface area (Å²) in [5, 5.41) is 9.10. The Morgan fingerprint density at radius 3 is 2.87 bits per heavy atom. The number of carboxylic acids is 1. The molecule has 0 bridgehead atoms. The molecular formula is C10H7ClN2O2. The molecule has 0 unspecified atom stereocenters. The van der Waals surface area contributed by atoms with E-state index in [0.29, 0.717) is 0 Å². The normalized spacial score (nSPS) is 10.2. The fourth-order valence-corrected chi connectivity index (χ4v) is 1.47. The lowest BCUT2D eigenvalue weighted by Gasteiger charge is -2.01. The first-order chi connectivity index (χ1) is 7.18. The number of imidazole rings is 1. The van der Waals surface area contributed by atoms with Crippen molar-refractivity contribution < 1.29 is 9.90 Å². The maximum absolute atomic E-state index is 10.8. The molecule has 2 aromatic rings. The molecular weight excluding hydrogens is 216 g/mol. The number of benzene rings is 1. The van der Waals surface area contributed by atoms with E-state index < -0.39 is 5.97 Å². The van der Waals surface area contributed by atoms with Crippen LogP contribution in [0.1, 0.15) is 10.4 Å². The second-order valence-electron chi connectivity index (χ2n) is 2.97. The van der Waals surface area contributed by atoms with Gasteiger partial charge in [-0.15, -0.1) is 0 Å². The minimum atomic E-state index is -1.04. The molecule has 1 heterocycles. The quantitative estimate of drug-likeness (QED) is 0.820. The summed E-state index contributed by atoms with van der Waals surface area (Å²) in [6.45, 7) is 0. The fourth-order valence-electron chi connectivity index (χ4n) is 1.27. The van der Waals surface area contributed by atoms with Crippen LogP contribution >= 0.6 is 11.6 Å². The molecule has 0 aliphatic heterocycles. The first-order valence-electron chi connectivity index (χ1n) is 4.20. The van der Waals surface area contributed by atoms with Gasteiger partial charge < -0.3 is 10.1 Å². The molecule has 0 aliphatic rings. The fraction of sp³-hybridized carbons (Fsp3) is 0. The van der Waals surface area contributed by atoms with Gasteiger partial charge >= 0.3 is 5.97 Å². The van der Waals surface area contributed by atoms with Crippen molar-refractivity contribution in [3.63, 3.8) is 0 Å². The van der Waals surface area contributed by atoms with E-state index in [1.54, 1.807) is 18.3 Å². The molecule has 2 rings (SSSR count). The van der Waals surface area contributed by atoms with Gasteiger partial charge in [0.2, 0.25) is 0 Å². The number of H-pyrrole nitrogens is 1. The third kappa shape index (κ3) is 1.85. The monoisotopic (exact) mass is 222 g/mol. The average molecular weight is 223 g/mol. The smallest absolute Gasteiger partial charge is 0.337 e. The van der Waals surface area contributed by atoms with Gasteiger partial charge in [-0.05, 0) is 12.1 Å². The van der Waals surface area contributed by atoms with Crippen molar-refractivity contribution in [2.75, 3.05) is 0 Å². The summed E-state index contributed by atoms with van der Waals surface area (Å²) in [4.78, 5) is 17.6. The molecule has 2 N–H and O–H groups in total. The highest BCUT2D eigenvalue weighted by molar-refractivity contribution is 6.33. The van der Waals surface area contributed by atoms with Crippen LogP contribution in [0.3, 0.4) is 0 Å². The van der Waals surface area contributed by atoms with E-state index in [0.717, 1.165) is 11.3 Å². The molecule has 0 aliphatic carbocycles. The molecule has 0 spiro atoms. The summed E-state index contributed by atoms with van der Waals surface area (Å²) in [5.74, 6) is -1.04. The number of aromatic carboxylic acids is 1. The van der Waals surface area contributed by atoms with Gasteiger partial charge in [0.15, 0.2) is 0 Å². The van der Waals surface area contributed by atoms with Crippen molar-refractivity contribution in [1.29, 1.82) is 0 Å². The van der Waals surface area contributed by atoms with Gasteiger partial charge in [-0.25, -0.2) is 9.78 Å². The Bertz CT molecular complexity index is 494. The van der Waals surface area contributed by atoms with Gasteiger partial charge in [0.1, 0.15) is 0 Å². The van der Waals surface area contributed by atoms with E-state index in [1.807, 2.05) is 0 Å². The van der Waals surface area contributed by atoms with Crippen molar-refractivity contribution >= 4 is 17.6 Å². The number of aromatic nitrogens is 2. The average Bonchev–Trinajstić information content (AvgIpc) is 2.71. The predicted molar refractivity (Wildman–Crippen MR) is 56.0 cm³/mol. The summed E-state index contributed by atoms with van der Waals surface area (Å²) in [5.41, 5.74) is 1.59. The maximum atomic E-state index is 10.8. The Balaban J connectivity index is 2.52. The highest BCUT2D eigenvalue weighted by Crippen LogP contribution is 2.23. The minimum Gasteiger partial charge on any atom is -0.478 e. The van der Waals surface area contributed by atoms with Crippen LogP contribution in [0.15, 0.2) is 30.7 Å². The van der Waals surface area contributed by atoms with Crippen LogP contribution in [-0.2, 0) is 0 Å². The van der Waals surface area contributed by atoms with Gasteiger partial charge in [-0.1, -0.05) is 17.7 Å². The minimum absolute atomic E-state index is 0.0868. The Morgan fingerprint density at radius 2 is 2.27 bits per heavy atom. The summed E-state index contributed by atoms with van der Waals surface area (Å²) >= 11 is 5.75. The lowest BCUT2D eigenvalue weighted by Crippen LogP contribution is -1.97. The van der Waals surface area contributed by atoms with Crippen LogP contribution in [-0.4, -0.2) is 21.0 Å². The van der Waals surface area contributed by atoms with Crippen molar-refractivity contribution in [2.24, 2.45) is 0 Å². The van der Waals surface area contributed by atoms with Gasteiger partial charge in [-0.2, -0.15) is 0 Å². The van der Waals surface area contributed by atoms with Crippen molar-refractivity contribution in [1.82, 2.24) is 9.97 Å². The van der Waals surface area contributed by atoms with E-state index in [-0.39, 0.29) is 10.6 Å². The molecule has 1 aromatic carbocycles. The van der Waals surface area contributed by atoms with Crippen LogP contribution in [0, 0.1) is 0 Å². The number of halogens is 1. The number of aromatic amines is 1. The topological polar surface area (TPSA) is 66.0 Å². The number of rotatable bonds is 2. The molecule has 0 radical (unpaired) electrons. The SMILES string of the molecule is O=C(O)c1cc(-c2cnc[nH]2)ccc1Cl. The first kappa shape index (κ1) is 9.73. The summed E-state index contributed by atoms with van der Waals surface area (Å²) in [6.07, 6.45) is 3.15. The van der Waals surface area contributed by atoms with Gasteiger partial charge in [-0.3, -0.25) is 0 Å². The molecule has 15 heavy (non-hydrogen) atoms. The zero-order valence-electron chi connectivity index (χ0n) is 7.57. The highest BCUT2D eigenvalue weighted by atomic mass is 35.5. The standard InChI is InChI=1S/C10H7ClN2O2/c11-8-2-1-6(3-7(8)10(14)15)9-4-12-5-13-9/h1-5H,(H,12,13)(H,14,15). The van der Waals surface area contributed by atoms with Crippen molar-refractivity contribution in [3.8, 4) is 11.3 Å². The largest absolute Gasteiger partial charge is 0.478 e. The van der Waals surface area contributed by atoms with Gasteiger partial charge in [0.05, 0.1) is 28.8 Å². The van der Waals surface area contributed by atoms with Crippen molar-refractivity contribution in [3.05, 3.63) is 41.3 Å². The molecule has 5 heteroatoms. The Labute approximate surface area is 90.5 Å². The lowest BCUT2D eigenvalue weighted by molar-refractivity contribution is 0.0697. The van der Waals surface area contributed by atoms with Crippen LogP contribution < -0.4 is 0 Å². The Morgan fingerprint density at radius 1 is 1.47 bits per heavy atom. The Kier molecular flexibility index (Phi) is 2.43. The van der Waals surface area contributed by atoms with Crippen molar-refractivity contribution in [2.45, 2.75) is 0 Å². The van der Waals surface area contributed by atoms with E-state index >= 15 is 0 Å². The summed E-state index contributed by atoms with van der Waals surface area (Å²) < 4.78 is 0. The van der Waals surface area contributed by atoms with E-state index in [9.17, 15) is 4.79 Å². The molecule has 1 aromatic heterocycles. The third-order valence-electron chi connectivity index (χ3n) is 2.01. The number of carboxylic acid groups (broad SMARTS) is 1. The number of nitrogens with zero attached hydrogens (tertiary/aromatic N) is 1. The van der Waals surface area contributed by atoms with Gasteiger partial charge in [0.25, 0.3) is 0 Å². The van der Waals surface area contributed by atoms with Gasteiger partial charge in [0, 0.05) is 5.56 Å². The molecule has 0 saturated heterocycles. The number of nitrogens with one attached hydrogen (secondary N) is 1. The van der Waals surface area contributed by atoms with E-state index in [4.69, 9.17) is 16.7 Å². The van der Waals surface area contributed by atoms with E-state index in [2.05, 4.69) is 9.97 Å².